The van der Waals surface area contributed by atoms with Crippen LogP contribution in [-0.2, 0) is 21.8 Å². The lowest BCUT2D eigenvalue weighted by Gasteiger charge is -2.29. The summed E-state index contributed by atoms with van der Waals surface area (Å²) in [6, 6.07) is 10.7. The molecule has 0 radical (unpaired) electrons. The van der Waals surface area contributed by atoms with Gasteiger partial charge in [-0.25, -0.2) is 22.4 Å². The third kappa shape index (κ3) is 3.55. The van der Waals surface area contributed by atoms with Crippen molar-refractivity contribution < 1.29 is 13.2 Å². The van der Waals surface area contributed by atoms with Crippen molar-refractivity contribution in [1.82, 2.24) is 18.5 Å². The number of hydrogen-bond acceptors (Lipinski definition) is 7. The maximum Gasteiger partial charge on any atom is 0.269 e. The van der Waals surface area contributed by atoms with Gasteiger partial charge in [-0.2, -0.15) is 5.26 Å². The van der Waals surface area contributed by atoms with Crippen molar-refractivity contribution in [2.75, 3.05) is 31.2 Å². The molecule has 0 N–H and O–H groups in total. The number of nitriles is 1. The summed E-state index contributed by atoms with van der Waals surface area (Å²) in [7, 11) is -2.18. The number of ether oxygens (including phenoxy) is 1. The fourth-order valence-corrected chi connectivity index (χ4v) is 5.40. The van der Waals surface area contributed by atoms with Gasteiger partial charge in [0.15, 0.2) is 5.65 Å². The first-order chi connectivity index (χ1) is 15.9. The summed E-state index contributed by atoms with van der Waals surface area (Å²) in [5.41, 5.74) is 3.27. The maximum atomic E-state index is 13.6. The average molecular weight is 463 g/mol. The molecule has 5 rings (SSSR count). The Morgan fingerprint density at radius 2 is 1.82 bits per heavy atom. The highest BCUT2D eigenvalue weighted by atomic mass is 32.2. The van der Waals surface area contributed by atoms with Crippen molar-refractivity contribution in [2.24, 2.45) is 7.05 Å². The van der Waals surface area contributed by atoms with Gasteiger partial charge < -0.3 is 14.2 Å². The lowest BCUT2D eigenvalue weighted by Crippen LogP contribution is -2.36. The van der Waals surface area contributed by atoms with E-state index >= 15 is 0 Å². The van der Waals surface area contributed by atoms with Crippen LogP contribution in [0.3, 0.4) is 0 Å². The standard InChI is InChI=1S/C23H22N6O3S/c1-16-3-5-17(6-4-16)33(30,31)29-14-18(19-15-27(2)21(13-24)26-19)22-20(7-8-25-23(22)29)28-9-11-32-12-10-28/h3-8,14-15H,9-12H2,1-2H3. The summed E-state index contributed by atoms with van der Waals surface area (Å²) in [6.45, 7) is 4.44. The predicted octanol–water partition coefficient (Wildman–Crippen LogP) is 2.69. The van der Waals surface area contributed by atoms with E-state index in [4.69, 9.17) is 4.74 Å². The average Bonchev–Trinajstić information content (AvgIpc) is 3.40. The highest BCUT2D eigenvalue weighted by Crippen LogP contribution is 2.38. The Hall–Kier alpha value is -3.68. The second-order valence-corrected chi connectivity index (χ2v) is 9.77. The quantitative estimate of drug-likeness (QED) is 0.459. The van der Waals surface area contributed by atoms with Gasteiger partial charge >= 0.3 is 0 Å². The minimum atomic E-state index is -3.91. The van der Waals surface area contributed by atoms with Gasteiger partial charge in [0.05, 0.1) is 34.9 Å². The molecule has 168 valence electrons. The zero-order chi connectivity index (χ0) is 23.2. The lowest BCUT2D eigenvalue weighted by molar-refractivity contribution is 0.123. The molecule has 0 saturated carbocycles. The third-order valence-corrected chi connectivity index (χ3v) is 7.48. The molecule has 10 heteroatoms. The molecule has 4 heterocycles. The largest absolute Gasteiger partial charge is 0.378 e. The molecule has 1 aliphatic heterocycles. The number of rotatable bonds is 4. The first-order valence-electron chi connectivity index (χ1n) is 10.5. The van der Waals surface area contributed by atoms with Crippen LogP contribution in [0.5, 0.6) is 0 Å². The number of benzene rings is 1. The zero-order valence-corrected chi connectivity index (χ0v) is 19.1. The smallest absolute Gasteiger partial charge is 0.269 e. The minimum absolute atomic E-state index is 0.175. The molecule has 0 spiro atoms. The summed E-state index contributed by atoms with van der Waals surface area (Å²) in [5, 5.41) is 10.1. The van der Waals surface area contributed by atoms with Crippen LogP contribution in [0.4, 0.5) is 5.69 Å². The van der Waals surface area contributed by atoms with E-state index < -0.39 is 10.0 Å². The molecule has 1 fully saturated rings. The van der Waals surface area contributed by atoms with Crippen molar-refractivity contribution in [2.45, 2.75) is 11.8 Å². The number of morpholine rings is 1. The van der Waals surface area contributed by atoms with Gasteiger partial charge in [0, 0.05) is 44.3 Å². The van der Waals surface area contributed by atoms with E-state index in [0.29, 0.717) is 48.6 Å². The van der Waals surface area contributed by atoms with E-state index in [0.717, 1.165) is 11.3 Å². The van der Waals surface area contributed by atoms with E-state index in [9.17, 15) is 13.7 Å². The first kappa shape index (κ1) is 21.2. The van der Waals surface area contributed by atoms with Gasteiger partial charge in [-0.3, -0.25) is 0 Å². The van der Waals surface area contributed by atoms with Crippen LogP contribution in [0, 0.1) is 18.3 Å². The molecule has 0 aliphatic carbocycles. The van der Waals surface area contributed by atoms with Gasteiger partial charge in [-0.1, -0.05) is 17.7 Å². The SMILES string of the molecule is Cc1ccc(S(=O)(=O)n2cc(-c3cn(C)c(C#N)n3)c3c(N4CCOCC4)ccnc32)cc1. The normalized spacial score (nSPS) is 14.5. The molecule has 33 heavy (non-hydrogen) atoms. The fraction of sp³-hybridized carbons (Fsp3) is 0.261. The molecule has 3 aromatic heterocycles. The Morgan fingerprint density at radius 3 is 2.48 bits per heavy atom. The number of nitrogens with zero attached hydrogens (tertiary/aromatic N) is 6. The highest BCUT2D eigenvalue weighted by Gasteiger charge is 2.27. The van der Waals surface area contributed by atoms with Crippen LogP contribution in [0.15, 0.2) is 53.8 Å². The highest BCUT2D eigenvalue weighted by molar-refractivity contribution is 7.90. The number of aryl methyl sites for hydroxylation is 2. The van der Waals surface area contributed by atoms with E-state index in [2.05, 4.69) is 20.9 Å². The summed E-state index contributed by atoms with van der Waals surface area (Å²) in [6.07, 6.45) is 4.91. The molecule has 1 aromatic carbocycles. The topological polar surface area (TPSA) is 106 Å². The Labute approximate surface area is 191 Å². The molecule has 0 atom stereocenters. The number of anilines is 1. The lowest BCUT2D eigenvalue weighted by atomic mass is 10.1. The fourth-order valence-electron chi connectivity index (χ4n) is 4.08. The van der Waals surface area contributed by atoms with Crippen LogP contribution in [0.25, 0.3) is 22.3 Å². The molecule has 4 aromatic rings. The van der Waals surface area contributed by atoms with E-state index in [1.807, 2.05) is 13.0 Å². The number of pyridine rings is 1. The van der Waals surface area contributed by atoms with Gasteiger partial charge in [0.2, 0.25) is 5.82 Å². The second kappa shape index (κ2) is 8.03. The van der Waals surface area contributed by atoms with E-state index in [-0.39, 0.29) is 10.7 Å². The Kier molecular flexibility index (Phi) is 5.15. The van der Waals surface area contributed by atoms with Crippen LogP contribution < -0.4 is 4.90 Å². The molecular formula is C23H22N6O3S. The summed E-state index contributed by atoms with van der Waals surface area (Å²) in [5.74, 6) is 0.240. The molecule has 9 nitrogen and oxygen atoms in total. The second-order valence-electron chi connectivity index (χ2n) is 7.96. The maximum absolute atomic E-state index is 13.6. The number of imidazole rings is 1. The molecule has 1 aliphatic rings. The summed E-state index contributed by atoms with van der Waals surface area (Å²) < 4.78 is 35.6. The van der Waals surface area contributed by atoms with Crippen molar-refractivity contribution in [3.63, 3.8) is 0 Å². The van der Waals surface area contributed by atoms with E-state index in [1.54, 1.807) is 54.5 Å². The first-order valence-corrected chi connectivity index (χ1v) is 11.9. The van der Waals surface area contributed by atoms with Crippen molar-refractivity contribution in [3.05, 3.63) is 60.3 Å². The van der Waals surface area contributed by atoms with Crippen LogP contribution in [0.1, 0.15) is 11.4 Å². The molecule has 0 bridgehead atoms. The monoisotopic (exact) mass is 462 g/mol. The van der Waals surface area contributed by atoms with Gasteiger partial charge in [0.1, 0.15) is 6.07 Å². The van der Waals surface area contributed by atoms with Gasteiger partial charge in [-0.15, -0.1) is 0 Å². The molecule has 0 unspecified atom stereocenters. The van der Waals surface area contributed by atoms with Crippen LogP contribution in [0.2, 0.25) is 0 Å². The van der Waals surface area contributed by atoms with Crippen LogP contribution >= 0.6 is 0 Å². The Bertz CT molecular complexity index is 1490. The molecule has 1 saturated heterocycles. The Morgan fingerprint density at radius 1 is 1.09 bits per heavy atom. The van der Waals surface area contributed by atoms with Crippen molar-refractivity contribution >= 4 is 26.7 Å². The minimum Gasteiger partial charge on any atom is -0.378 e. The summed E-state index contributed by atoms with van der Waals surface area (Å²) in [4.78, 5) is 11.2. The van der Waals surface area contributed by atoms with Crippen LogP contribution in [-0.4, -0.2) is 53.2 Å². The molecule has 0 amide bonds. The number of hydrogen-bond donors (Lipinski definition) is 0. The predicted molar refractivity (Wildman–Crippen MR) is 123 cm³/mol. The zero-order valence-electron chi connectivity index (χ0n) is 18.3. The van der Waals surface area contributed by atoms with Gasteiger partial charge in [0.25, 0.3) is 10.0 Å². The number of fused-ring (bicyclic) bond motifs is 1. The Balaban J connectivity index is 1.79. The summed E-state index contributed by atoms with van der Waals surface area (Å²) >= 11 is 0. The third-order valence-electron chi connectivity index (χ3n) is 5.82. The van der Waals surface area contributed by atoms with Crippen molar-refractivity contribution in [1.29, 1.82) is 5.26 Å². The van der Waals surface area contributed by atoms with Gasteiger partial charge in [-0.05, 0) is 25.1 Å². The number of aromatic nitrogens is 4. The van der Waals surface area contributed by atoms with Crippen molar-refractivity contribution in [3.8, 4) is 17.3 Å². The van der Waals surface area contributed by atoms with E-state index in [1.165, 1.54) is 3.97 Å². The molecular weight excluding hydrogens is 440 g/mol.